The first kappa shape index (κ1) is 24.0. The number of ether oxygens (including phenoxy) is 2. The van der Waals surface area contributed by atoms with Gasteiger partial charge in [-0.3, -0.25) is 14.6 Å². The van der Waals surface area contributed by atoms with Crippen LogP contribution in [0.15, 0.2) is 78.6 Å². The molecule has 1 aromatic heterocycles. The molecule has 1 unspecified atom stereocenters. The number of aromatic nitrogens is 1. The lowest BCUT2D eigenvalue weighted by Gasteiger charge is -2.25. The monoisotopic (exact) mass is 472 g/mol. The highest BCUT2D eigenvalue weighted by atomic mass is 16.5. The van der Waals surface area contributed by atoms with E-state index in [4.69, 9.17) is 9.47 Å². The zero-order chi connectivity index (χ0) is 24.8. The number of rotatable bonds is 9. The molecule has 180 valence electrons. The molecule has 3 aromatic rings. The minimum absolute atomic E-state index is 0.0368. The van der Waals surface area contributed by atoms with E-state index in [-0.39, 0.29) is 17.9 Å². The molecule has 2 heterocycles. The summed E-state index contributed by atoms with van der Waals surface area (Å²) >= 11 is 0. The molecule has 2 aromatic carbocycles. The minimum atomic E-state index is -0.785. The zero-order valence-corrected chi connectivity index (χ0v) is 19.8. The topological polar surface area (TPSA) is 89.0 Å². The lowest BCUT2D eigenvalue weighted by atomic mass is 9.95. The van der Waals surface area contributed by atoms with Gasteiger partial charge < -0.3 is 19.5 Å². The van der Waals surface area contributed by atoms with Gasteiger partial charge in [0.25, 0.3) is 11.7 Å². The van der Waals surface area contributed by atoms with E-state index in [0.717, 1.165) is 18.4 Å². The number of unbranched alkanes of at least 4 members (excludes halogenated alkanes) is 1. The van der Waals surface area contributed by atoms with Gasteiger partial charge in [0.1, 0.15) is 17.3 Å². The Kier molecular flexibility index (Phi) is 7.45. The second-order valence-electron chi connectivity index (χ2n) is 8.29. The molecule has 0 radical (unpaired) electrons. The molecule has 1 amide bonds. The van der Waals surface area contributed by atoms with Gasteiger partial charge in [0.15, 0.2) is 0 Å². The van der Waals surface area contributed by atoms with Crippen LogP contribution in [0.4, 0.5) is 0 Å². The van der Waals surface area contributed by atoms with E-state index in [0.29, 0.717) is 29.2 Å². The molecule has 1 saturated heterocycles. The van der Waals surface area contributed by atoms with Crippen molar-refractivity contribution >= 4 is 17.4 Å². The van der Waals surface area contributed by atoms with Gasteiger partial charge >= 0.3 is 0 Å². The Bertz CT molecular complexity index is 1220. The summed E-state index contributed by atoms with van der Waals surface area (Å²) < 4.78 is 11.1. The van der Waals surface area contributed by atoms with Crippen LogP contribution in [-0.2, 0) is 16.1 Å². The Morgan fingerprint density at radius 2 is 1.86 bits per heavy atom. The Hall–Kier alpha value is -4.13. The number of aliphatic hydroxyl groups excluding tert-OH is 1. The molecular weight excluding hydrogens is 444 g/mol. The van der Waals surface area contributed by atoms with E-state index in [1.807, 2.05) is 30.3 Å². The highest BCUT2D eigenvalue weighted by Gasteiger charge is 2.46. The van der Waals surface area contributed by atoms with Crippen LogP contribution >= 0.6 is 0 Å². The van der Waals surface area contributed by atoms with Crippen molar-refractivity contribution in [3.05, 3.63) is 95.3 Å². The van der Waals surface area contributed by atoms with Crippen molar-refractivity contribution in [3.8, 4) is 11.5 Å². The highest BCUT2D eigenvalue weighted by Crippen LogP contribution is 2.41. The Labute approximate surface area is 204 Å². The second-order valence-corrected chi connectivity index (χ2v) is 8.29. The molecule has 1 aliphatic heterocycles. The first-order chi connectivity index (χ1) is 17.0. The van der Waals surface area contributed by atoms with E-state index in [9.17, 15) is 14.7 Å². The third kappa shape index (κ3) is 5.19. The number of carbonyl (C=O) groups is 2. The maximum Gasteiger partial charge on any atom is 0.295 e. The molecule has 1 aliphatic rings. The number of Topliss-reactive ketones (excluding diaryl/α,β-unsaturated/α-hetero) is 1. The minimum Gasteiger partial charge on any atom is -0.507 e. The van der Waals surface area contributed by atoms with E-state index in [1.54, 1.807) is 49.8 Å². The molecule has 1 fully saturated rings. The summed E-state index contributed by atoms with van der Waals surface area (Å²) in [5, 5.41) is 11.2. The number of likely N-dealkylation sites (tertiary alicyclic amines) is 1. The van der Waals surface area contributed by atoms with E-state index < -0.39 is 17.7 Å². The van der Waals surface area contributed by atoms with Crippen LogP contribution in [0.5, 0.6) is 11.5 Å². The van der Waals surface area contributed by atoms with Crippen molar-refractivity contribution in [2.24, 2.45) is 0 Å². The van der Waals surface area contributed by atoms with Crippen LogP contribution in [0, 0.1) is 0 Å². The molecule has 0 saturated carbocycles. The Morgan fingerprint density at radius 3 is 2.54 bits per heavy atom. The zero-order valence-electron chi connectivity index (χ0n) is 19.8. The lowest BCUT2D eigenvalue weighted by Crippen LogP contribution is -2.29. The second kappa shape index (κ2) is 10.9. The van der Waals surface area contributed by atoms with Gasteiger partial charge in [0.05, 0.1) is 25.3 Å². The molecule has 7 nitrogen and oxygen atoms in total. The summed E-state index contributed by atoms with van der Waals surface area (Å²) in [6, 6.07) is 16.9. The number of aliphatic hydroxyl groups is 1. The maximum absolute atomic E-state index is 13.2. The number of amides is 1. The van der Waals surface area contributed by atoms with Crippen LogP contribution in [0.3, 0.4) is 0 Å². The summed E-state index contributed by atoms with van der Waals surface area (Å²) in [7, 11) is 1.55. The smallest absolute Gasteiger partial charge is 0.295 e. The van der Waals surface area contributed by atoms with E-state index in [2.05, 4.69) is 11.9 Å². The van der Waals surface area contributed by atoms with Crippen molar-refractivity contribution < 1.29 is 24.2 Å². The molecule has 0 bridgehead atoms. The van der Waals surface area contributed by atoms with Crippen LogP contribution < -0.4 is 9.47 Å². The number of carbonyl (C=O) groups excluding carboxylic acids is 2. The standard InChI is InChI=1S/C28H28N2O5/c1-3-4-15-35-23-9-5-8-21(16-23)25-24(26(31)20-10-12-22(34-2)13-11-20)27(32)28(33)30(25)18-19-7-6-14-29-17-19/h5-14,16-17,25,31H,3-4,15,18H2,1-2H3/b26-24+. The van der Waals surface area contributed by atoms with E-state index >= 15 is 0 Å². The summed E-state index contributed by atoms with van der Waals surface area (Å²) in [6.07, 6.45) is 5.23. The fourth-order valence-corrected chi connectivity index (χ4v) is 4.09. The predicted molar refractivity (Wildman–Crippen MR) is 132 cm³/mol. The third-order valence-electron chi connectivity index (χ3n) is 5.92. The third-order valence-corrected chi connectivity index (χ3v) is 5.92. The molecule has 1 N–H and O–H groups in total. The Morgan fingerprint density at radius 1 is 1.06 bits per heavy atom. The number of ketones is 1. The van der Waals surface area contributed by atoms with E-state index in [1.165, 1.54) is 4.90 Å². The fourth-order valence-electron chi connectivity index (χ4n) is 4.09. The number of nitrogens with zero attached hydrogens (tertiary/aromatic N) is 2. The van der Waals surface area contributed by atoms with Gasteiger partial charge in [-0.25, -0.2) is 0 Å². The SMILES string of the molecule is CCCCOc1cccc(C2/C(=C(\O)c3ccc(OC)cc3)C(=O)C(=O)N2Cc2cccnc2)c1. The molecule has 7 heteroatoms. The average molecular weight is 473 g/mol. The first-order valence-electron chi connectivity index (χ1n) is 11.6. The number of hydrogen-bond donors (Lipinski definition) is 1. The summed E-state index contributed by atoms with van der Waals surface area (Å²) in [5.74, 6) is -0.378. The van der Waals surface area contributed by atoms with Crippen molar-refractivity contribution in [1.29, 1.82) is 0 Å². The predicted octanol–water partition coefficient (Wildman–Crippen LogP) is 4.89. The molecule has 0 aliphatic carbocycles. The summed E-state index contributed by atoms with van der Waals surface area (Å²) in [5.41, 5.74) is 1.91. The number of methoxy groups -OCH3 is 1. The summed E-state index contributed by atoms with van der Waals surface area (Å²) in [6.45, 7) is 2.83. The number of benzene rings is 2. The molecule has 35 heavy (non-hydrogen) atoms. The number of hydrogen-bond acceptors (Lipinski definition) is 6. The number of pyridine rings is 1. The molecule has 1 atom stereocenters. The molecular formula is C28H28N2O5. The van der Waals surface area contributed by atoms with Gasteiger partial charge in [0, 0.05) is 24.5 Å². The molecule has 0 spiro atoms. The normalized spacial score (nSPS) is 17.0. The van der Waals surface area contributed by atoms with Gasteiger partial charge in [-0.05, 0) is 60.0 Å². The van der Waals surface area contributed by atoms with Gasteiger partial charge in [-0.15, -0.1) is 0 Å². The van der Waals surface area contributed by atoms with Crippen molar-refractivity contribution in [1.82, 2.24) is 9.88 Å². The lowest BCUT2D eigenvalue weighted by molar-refractivity contribution is -0.140. The highest BCUT2D eigenvalue weighted by molar-refractivity contribution is 6.46. The van der Waals surface area contributed by atoms with Crippen LogP contribution in [0.2, 0.25) is 0 Å². The van der Waals surface area contributed by atoms with Crippen LogP contribution in [0.1, 0.15) is 42.5 Å². The van der Waals surface area contributed by atoms with Crippen molar-refractivity contribution in [3.63, 3.8) is 0 Å². The Balaban J connectivity index is 1.80. The van der Waals surface area contributed by atoms with Crippen molar-refractivity contribution in [2.45, 2.75) is 32.4 Å². The quantitative estimate of drug-likeness (QED) is 0.206. The van der Waals surface area contributed by atoms with Crippen molar-refractivity contribution in [2.75, 3.05) is 13.7 Å². The van der Waals surface area contributed by atoms with Gasteiger partial charge in [0.2, 0.25) is 0 Å². The largest absolute Gasteiger partial charge is 0.507 e. The first-order valence-corrected chi connectivity index (χ1v) is 11.6. The van der Waals surface area contributed by atoms with Crippen LogP contribution in [0.25, 0.3) is 5.76 Å². The molecule has 4 rings (SSSR count). The fraction of sp³-hybridized carbons (Fsp3) is 0.250. The average Bonchev–Trinajstić information content (AvgIpc) is 3.14. The summed E-state index contributed by atoms with van der Waals surface area (Å²) in [4.78, 5) is 32.0. The van der Waals surface area contributed by atoms with Crippen LogP contribution in [-0.4, -0.2) is 40.4 Å². The van der Waals surface area contributed by atoms with Gasteiger partial charge in [-0.2, -0.15) is 0 Å². The van der Waals surface area contributed by atoms with Gasteiger partial charge in [-0.1, -0.05) is 31.5 Å². The maximum atomic E-state index is 13.2.